The van der Waals surface area contributed by atoms with Gasteiger partial charge in [0.05, 0.1) is 5.56 Å². The lowest BCUT2D eigenvalue weighted by atomic mass is 10.1. The Bertz CT molecular complexity index is 898. The summed E-state index contributed by atoms with van der Waals surface area (Å²) in [7, 11) is -3.77. The Kier molecular flexibility index (Phi) is 5.96. The molecule has 1 fully saturated rings. The monoisotopic (exact) mass is 390 g/mol. The largest absolute Gasteiger partial charge is 0.348 e. The van der Waals surface area contributed by atoms with Crippen LogP contribution >= 0.6 is 0 Å². The molecule has 1 aromatic carbocycles. The van der Waals surface area contributed by atoms with Crippen LogP contribution in [0.15, 0.2) is 35.5 Å². The number of sulfonamides is 1. The van der Waals surface area contributed by atoms with Crippen LogP contribution in [0.5, 0.6) is 0 Å². The number of aryl methyl sites for hydroxylation is 2. The van der Waals surface area contributed by atoms with Crippen LogP contribution in [-0.2, 0) is 23.1 Å². The van der Waals surface area contributed by atoms with Crippen molar-refractivity contribution in [2.24, 2.45) is 0 Å². The van der Waals surface area contributed by atoms with E-state index in [4.69, 9.17) is 0 Å². The number of benzene rings is 1. The Labute approximate surface area is 160 Å². The van der Waals surface area contributed by atoms with Gasteiger partial charge in [0.1, 0.15) is 0 Å². The normalized spacial score (nSPS) is 15.6. The fourth-order valence-corrected chi connectivity index (χ4v) is 4.74. The summed E-state index contributed by atoms with van der Waals surface area (Å²) in [6.07, 6.45) is 4.21. The number of hydrogen-bond donors (Lipinski definition) is 1. The van der Waals surface area contributed by atoms with Gasteiger partial charge >= 0.3 is 0 Å². The summed E-state index contributed by atoms with van der Waals surface area (Å²) in [5.74, 6) is -0.425. The molecule has 1 amide bonds. The molecule has 1 aliphatic heterocycles. The van der Waals surface area contributed by atoms with Crippen molar-refractivity contribution in [3.8, 4) is 0 Å². The molecule has 0 radical (unpaired) electrons. The lowest BCUT2D eigenvalue weighted by Crippen LogP contribution is -2.37. The molecule has 1 N–H and O–H groups in total. The molecular weight excluding hydrogens is 364 g/mol. The summed E-state index contributed by atoms with van der Waals surface area (Å²) < 4.78 is 29.0. The molecule has 2 aromatic rings. The van der Waals surface area contributed by atoms with E-state index >= 15 is 0 Å². The molecule has 0 bridgehead atoms. The van der Waals surface area contributed by atoms with E-state index in [-0.39, 0.29) is 10.6 Å². The highest BCUT2D eigenvalue weighted by atomic mass is 32.2. The maximum atomic E-state index is 13.0. The Hall–Kier alpha value is -2.19. The minimum Gasteiger partial charge on any atom is -0.348 e. The SMILES string of the molecule is CCn1cc(C(=O)NCc2ccc(C)cc2)c(S(=O)(=O)N2CCCCC2)n1. The topological polar surface area (TPSA) is 84.3 Å². The second-order valence-electron chi connectivity index (χ2n) is 6.84. The predicted octanol–water partition coefficient (Wildman–Crippen LogP) is 2.32. The molecule has 1 saturated heterocycles. The van der Waals surface area contributed by atoms with E-state index < -0.39 is 15.9 Å². The Morgan fingerprint density at radius 2 is 1.81 bits per heavy atom. The summed E-state index contributed by atoms with van der Waals surface area (Å²) in [5.41, 5.74) is 2.20. The summed E-state index contributed by atoms with van der Waals surface area (Å²) in [4.78, 5) is 12.7. The zero-order valence-electron chi connectivity index (χ0n) is 15.8. The maximum Gasteiger partial charge on any atom is 0.263 e. The van der Waals surface area contributed by atoms with Gasteiger partial charge in [-0.25, -0.2) is 8.42 Å². The van der Waals surface area contributed by atoms with Crippen molar-refractivity contribution in [3.05, 3.63) is 47.2 Å². The number of carbonyl (C=O) groups excluding carboxylic acids is 1. The first-order valence-corrected chi connectivity index (χ1v) is 10.8. The number of nitrogens with zero attached hydrogens (tertiary/aromatic N) is 3. The van der Waals surface area contributed by atoms with Crippen molar-refractivity contribution >= 4 is 15.9 Å². The van der Waals surface area contributed by atoms with E-state index in [0.29, 0.717) is 26.2 Å². The first-order chi connectivity index (χ1) is 12.9. The highest BCUT2D eigenvalue weighted by molar-refractivity contribution is 7.89. The molecule has 146 valence electrons. The quantitative estimate of drug-likeness (QED) is 0.820. The van der Waals surface area contributed by atoms with Crippen LogP contribution in [-0.4, -0.2) is 41.5 Å². The van der Waals surface area contributed by atoms with Crippen LogP contribution in [0.2, 0.25) is 0 Å². The van der Waals surface area contributed by atoms with Crippen LogP contribution in [0.4, 0.5) is 0 Å². The standard InChI is InChI=1S/C19H26N4O3S/c1-3-22-14-17(18(24)20-13-16-9-7-15(2)8-10-16)19(21-22)27(25,26)23-11-5-4-6-12-23/h7-10,14H,3-6,11-13H2,1-2H3,(H,20,24). The van der Waals surface area contributed by atoms with E-state index in [0.717, 1.165) is 30.4 Å². The number of aromatic nitrogens is 2. The molecule has 0 atom stereocenters. The van der Waals surface area contributed by atoms with Crippen LogP contribution in [0.25, 0.3) is 0 Å². The van der Waals surface area contributed by atoms with Crippen molar-refractivity contribution in [1.29, 1.82) is 0 Å². The lowest BCUT2D eigenvalue weighted by molar-refractivity contribution is 0.0947. The fraction of sp³-hybridized carbons (Fsp3) is 0.474. The molecule has 1 aliphatic rings. The second kappa shape index (κ2) is 8.22. The van der Waals surface area contributed by atoms with Crippen molar-refractivity contribution in [2.45, 2.75) is 51.2 Å². The summed E-state index contributed by atoms with van der Waals surface area (Å²) >= 11 is 0. The number of nitrogens with one attached hydrogen (secondary N) is 1. The molecular formula is C19H26N4O3S. The molecule has 1 aromatic heterocycles. The molecule has 2 heterocycles. The number of hydrogen-bond acceptors (Lipinski definition) is 4. The third kappa shape index (κ3) is 4.39. The summed E-state index contributed by atoms with van der Waals surface area (Å²) in [6.45, 7) is 5.64. The van der Waals surface area contributed by atoms with Crippen LogP contribution in [0.1, 0.15) is 47.7 Å². The van der Waals surface area contributed by atoms with Crippen molar-refractivity contribution in [2.75, 3.05) is 13.1 Å². The van der Waals surface area contributed by atoms with Gasteiger partial charge in [-0.15, -0.1) is 0 Å². The highest BCUT2D eigenvalue weighted by Gasteiger charge is 2.33. The number of amides is 1. The highest BCUT2D eigenvalue weighted by Crippen LogP contribution is 2.22. The van der Waals surface area contributed by atoms with Crippen LogP contribution in [0, 0.1) is 6.92 Å². The smallest absolute Gasteiger partial charge is 0.263 e. The van der Waals surface area contributed by atoms with Crippen molar-refractivity contribution in [1.82, 2.24) is 19.4 Å². The zero-order chi connectivity index (χ0) is 19.4. The van der Waals surface area contributed by atoms with E-state index in [1.807, 2.05) is 38.1 Å². The molecule has 0 spiro atoms. The number of piperidine rings is 1. The van der Waals surface area contributed by atoms with Gasteiger partial charge in [-0.05, 0) is 32.3 Å². The summed E-state index contributed by atoms with van der Waals surface area (Å²) in [6, 6.07) is 7.83. The molecule has 0 aliphatic carbocycles. The third-order valence-corrected chi connectivity index (χ3v) is 6.60. The van der Waals surface area contributed by atoms with E-state index in [2.05, 4.69) is 10.4 Å². The first kappa shape index (κ1) is 19.6. The molecule has 8 heteroatoms. The average Bonchev–Trinajstić information content (AvgIpc) is 3.13. The van der Waals surface area contributed by atoms with E-state index in [1.54, 1.807) is 0 Å². The molecule has 3 rings (SSSR count). The van der Waals surface area contributed by atoms with Gasteiger partial charge in [-0.1, -0.05) is 36.2 Å². The van der Waals surface area contributed by atoms with Crippen LogP contribution in [0.3, 0.4) is 0 Å². The van der Waals surface area contributed by atoms with E-state index in [9.17, 15) is 13.2 Å². The van der Waals surface area contributed by atoms with Gasteiger partial charge in [-0.3, -0.25) is 9.48 Å². The van der Waals surface area contributed by atoms with Crippen LogP contribution < -0.4 is 5.32 Å². The fourth-order valence-electron chi connectivity index (χ4n) is 3.12. The lowest BCUT2D eigenvalue weighted by Gasteiger charge is -2.25. The third-order valence-electron chi connectivity index (χ3n) is 4.77. The van der Waals surface area contributed by atoms with Gasteiger partial charge in [0.15, 0.2) is 0 Å². The van der Waals surface area contributed by atoms with Gasteiger partial charge in [-0.2, -0.15) is 9.40 Å². The number of carbonyl (C=O) groups is 1. The van der Waals surface area contributed by atoms with Gasteiger partial charge in [0.2, 0.25) is 5.03 Å². The Morgan fingerprint density at radius 3 is 2.44 bits per heavy atom. The molecule has 0 saturated carbocycles. The predicted molar refractivity (Wildman–Crippen MR) is 103 cm³/mol. The Morgan fingerprint density at radius 1 is 1.15 bits per heavy atom. The summed E-state index contributed by atoms with van der Waals surface area (Å²) in [5, 5.41) is 6.86. The maximum absolute atomic E-state index is 13.0. The van der Waals surface area contributed by atoms with Gasteiger partial charge in [0, 0.05) is 32.4 Å². The minimum atomic E-state index is -3.77. The second-order valence-corrected chi connectivity index (χ2v) is 8.69. The molecule has 7 nitrogen and oxygen atoms in total. The number of rotatable bonds is 6. The Balaban J connectivity index is 1.82. The average molecular weight is 391 g/mol. The minimum absolute atomic E-state index is 0.106. The van der Waals surface area contributed by atoms with Gasteiger partial charge in [0.25, 0.3) is 15.9 Å². The zero-order valence-corrected chi connectivity index (χ0v) is 16.6. The van der Waals surface area contributed by atoms with Gasteiger partial charge < -0.3 is 5.32 Å². The van der Waals surface area contributed by atoms with Crippen molar-refractivity contribution in [3.63, 3.8) is 0 Å². The first-order valence-electron chi connectivity index (χ1n) is 9.33. The van der Waals surface area contributed by atoms with E-state index in [1.165, 1.54) is 15.2 Å². The molecule has 0 unspecified atom stereocenters. The van der Waals surface area contributed by atoms with Crippen molar-refractivity contribution < 1.29 is 13.2 Å². The molecule has 27 heavy (non-hydrogen) atoms.